The molecule has 5 nitrogen and oxygen atoms in total. The second-order valence-corrected chi connectivity index (χ2v) is 6.48. The largest absolute Gasteiger partial charge is 0.493 e. The molecule has 0 aliphatic heterocycles. The lowest BCUT2D eigenvalue weighted by atomic mass is 10.0. The maximum atomic E-state index is 12.0. The molecule has 1 heterocycles. The topological polar surface area (TPSA) is 64.1 Å². The fourth-order valence-corrected chi connectivity index (χ4v) is 2.96. The predicted molar refractivity (Wildman–Crippen MR) is 93.0 cm³/mol. The van der Waals surface area contributed by atoms with E-state index in [4.69, 9.17) is 4.74 Å². The summed E-state index contributed by atoms with van der Waals surface area (Å²) in [5, 5.41) is 12.4. The zero-order valence-electron chi connectivity index (χ0n) is 13.8. The molecule has 0 aliphatic rings. The van der Waals surface area contributed by atoms with E-state index >= 15 is 0 Å². The summed E-state index contributed by atoms with van der Waals surface area (Å²) in [5.41, 5.74) is 1.17. The van der Waals surface area contributed by atoms with Crippen LogP contribution in [0.15, 0.2) is 24.3 Å². The smallest absolute Gasteiger partial charge is 0.229 e. The Morgan fingerprint density at radius 2 is 2.09 bits per heavy atom. The summed E-state index contributed by atoms with van der Waals surface area (Å²) in [6.45, 7) is 6.61. The Morgan fingerprint density at radius 3 is 2.78 bits per heavy atom. The van der Waals surface area contributed by atoms with Gasteiger partial charge in [-0.1, -0.05) is 37.3 Å². The molecule has 124 valence electrons. The number of ether oxygens (including phenoxy) is 1. The van der Waals surface area contributed by atoms with Crippen molar-refractivity contribution >= 4 is 22.4 Å². The first kappa shape index (κ1) is 17.4. The molecule has 0 radical (unpaired) electrons. The first-order valence-electron chi connectivity index (χ1n) is 7.95. The number of anilines is 1. The van der Waals surface area contributed by atoms with Gasteiger partial charge in [0.25, 0.3) is 0 Å². The van der Waals surface area contributed by atoms with E-state index in [1.807, 2.05) is 45.0 Å². The second-order valence-electron chi connectivity index (χ2n) is 5.42. The van der Waals surface area contributed by atoms with Gasteiger partial charge < -0.3 is 10.1 Å². The number of hydrogen-bond acceptors (Lipinski definition) is 5. The summed E-state index contributed by atoms with van der Waals surface area (Å²) < 4.78 is 5.71. The van der Waals surface area contributed by atoms with Crippen molar-refractivity contribution in [1.82, 2.24) is 10.2 Å². The predicted octanol–water partition coefficient (Wildman–Crippen LogP) is 3.84. The lowest BCUT2D eigenvalue weighted by molar-refractivity contribution is -0.120. The summed E-state index contributed by atoms with van der Waals surface area (Å²) in [6.07, 6.45) is 2.34. The van der Waals surface area contributed by atoms with Crippen LogP contribution in [-0.4, -0.2) is 22.7 Å². The van der Waals surface area contributed by atoms with Crippen molar-refractivity contribution in [2.75, 3.05) is 11.9 Å². The molecule has 0 aliphatic carbocycles. The Morgan fingerprint density at radius 1 is 1.30 bits per heavy atom. The summed E-state index contributed by atoms with van der Waals surface area (Å²) >= 11 is 1.40. The van der Waals surface area contributed by atoms with E-state index in [1.54, 1.807) is 0 Å². The van der Waals surface area contributed by atoms with Gasteiger partial charge in [-0.25, -0.2) is 0 Å². The number of benzene rings is 1. The number of aromatic nitrogens is 2. The van der Waals surface area contributed by atoms with Gasteiger partial charge in [0, 0.05) is 12.3 Å². The summed E-state index contributed by atoms with van der Waals surface area (Å²) in [6, 6.07) is 7.95. The van der Waals surface area contributed by atoms with Crippen molar-refractivity contribution in [3.8, 4) is 5.75 Å². The van der Waals surface area contributed by atoms with Gasteiger partial charge in [-0.05, 0) is 37.5 Å². The molecule has 1 aromatic heterocycles. The monoisotopic (exact) mass is 333 g/mol. The van der Waals surface area contributed by atoms with E-state index in [-0.39, 0.29) is 11.8 Å². The molecular weight excluding hydrogens is 310 g/mol. The molecule has 6 heteroatoms. The van der Waals surface area contributed by atoms with Crippen LogP contribution in [0.3, 0.4) is 0 Å². The third kappa shape index (κ3) is 5.32. The van der Waals surface area contributed by atoms with Gasteiger partial charge in [-0.3, -0.25) is 4.79 Å². The molecule has 0 fully saturated rings. The molecule has 2 rings (SSSR count). The SMILES string of the molecule is CCC(CC)C(=O)Nc1nnc(CCOc2cccc(C)c2)s1. The van der Waals surface area contributed by atoms with Crippen LogP contribution in [0.2, 0.25) is 0 Å². The minimum Gasteiger partial charge on any atom is -0.493 e. The van der Waals surface area contributed by atoms with Crippen molar-refractivity contribution < 1.29 is 9.53 Å². The average Bonchev–Trinajstić information content (AvgIpc) is 2.96. The van der Waals surface area contributed by atoms with Gasteiger partial charge in [0.2, 0.25) is 11.0 Å². The zero-order valence-corrected chi connectivity index (χ0v) is 14.7. The van der Waals surface area contributed by atoms with Crippen LogP contribution in [0.25, 0.3) is 0 Å². The zero-order chi connectivity index (χ0) is 16.7. The van der Waals surface area contributed by atoms with Crippen molar-refractivity contribution in [1.29, 1.82) is 0 Å². The van der Waals surface area contributed by atoms with Crippen molar-refractivity contribution in [2.24, 2.45) is 5.92 Å². The quantitative estimate of drug-likeness (QED) is 0.797. The third-order valence-electron chi connectivity index (χ3n) is 3.63. The maximum absolute atomic E-state index is 12.0. The lowest BCUT2D eigenvalue weighted by Crippen LogP contribution is -2.21. The van der Waals surface area contributed by atoms with Crippen molar-refractivity contribution in [3.05, 3.63) is 34.8 Å². The van der Waals surface area contributed by atoms with E-state index in [1.165, 1.54) is 16.9 Å². The van der Waals surface area contributed by atoms with Crippen molar-refractivity contribution in [3.63, 3.8) is 0 Å². The minimum atomic E-state index is 0.0220. The molecule has 0 saturated heterocycles. The number of carbonyl (C=O) groups is 1. The fourth-order valence-electron chi connectivity index (χ4n) is 2.23. The normalized spacial score (nSPS) is 10.8. The first-order chi connectivity index (χ1) is 11.1. The van der Waals surface area contributed by atoms with Gasteiger partial charge in [0.05, 0.1) is 6.61 Å². The highest BCUT2D eigenvalue weighted by Gasteiger charge is 2.16. The molecule has 0 saturated carbocycles. The highest BCUT2D eigenvalue weighted by Crippen LogP contribution is 2.19. The molecule has 1 aromatic carbocycles. The number of aryl methyl sites for hydroxylation is 1. The highest BCUT2D eigenvalue weighted by molar-refractivity contribution is 7.15. The van der Waals surface area contributed by atoms with Crippen LogP contribution in [0.5, 0.6) is 5.75 Å². The van der Waals surface area contributed by atoms with Crippen molar-refractivity contribution in [2.45, 2.75) is 40.0 Å². The molecular formula is C17H23N3O2S. The molecule has 0 bridgehead atoms. The Hall–Kier alpha value is -1.95. The Bertz CT molecular complexity index is 638. The maximum Gasteiger partial charge on any atom is 0.229 e. The molecule has 0 unspecified atom stereocenters. The molecule has 0 spiro atoms. The summed E-state index contributed by atoms with van der Waals surface area (Å²) in [7, 11) is 0. The highest BCUT2D eigenvalue weighted by atomic mass is 32.1. The van der Waals surface area contributed by atoms with E-state index in [0.29, 0.717) is 18.2 Å². The van der Waals surface area contributed by atoms with Crippen LogP contribution in [0.1, 0.15) is 37.3 Å². The van der Waals surface area contributed by atoms with Crippen LogP contribution >= 0.6 is 11.3 Å². The van der Waals surface area contributed by atoms with Gasteiger partial charge in [0.15, 0.2) is 0 Å². The number of nitrogens with one attached hydrogen (secondary N) is 1. The summed E-state index contributed by atoms with van der Waals surface area (Å²) in [5.74, 6) is 0.914. The second kappa shape index (κ2) is 8.62. The van der Waals surface area contributed by atoms with E-state index in [2.05, 4.69) is 15.5 Å². The van der Waals surface area contributed by atoms with Gasteiger partial charge in [-0.15, -0.1) is 10.2 Å². The number of amides is 1. The molecule has 1 amide bonds. The van der Waals surface area contributed by atoms with Crippen LogP contribution in [0.4, 0.5) is 5.13 Å². The molecule has 1 N–H and O–H groups in total. The van der Waals surface area contributed by atoms with Gasteiger partial charge in [-0.2, -0.15) is 0 Å². The van der Waals surface area contributed by atoms with E-state index in [9.17, 15) is 4.79 Å². The van der Waals surface area contributed by atoms with E-state index in [0.717, 1.165) is 23.6 Å². The van der Waals surface area contributed by atoms with Crippen LogP contribution in [0, 0.1) is 12.8 Å². The van der Waals surface area contributed by atoms with Gasteiger partial charge >= 0.3 is 0 Å². The van der Waals surface area contributed by atoms with E-state index < -0.39 is 0 Å². The number of carbonyl (C=O) groups excluding carboxylic acids is 1. The third-order valence-corrected chi connectivity index (χ3v) is 4.53. The molecule has 0 atom stereocenters. The lowest BCUT2D eigenvalue weighted by Gasteiger charge is -2.10. The Balaban J connectivity index is 1.81. The Labute approximate surface area is 141 Å². The first-order valence-corrected chi connectivity index (χ1v) is 8.76. The number of hydrogen-bond donors (Lipinski definition) is 1. The number of nitrogens with zero attached hydrogens (tertiary/aromatic N) is 2. The number of rotatable bonds is 8. The minimum absolute atomic E-state index is 0.0220. The fraction of sp³-hybridized carbons (Fsp3) is 0.471. The summed E-state index contributed by atoms with van der Waals surface area (Å²) in [4.78, 5) is 12.0. The molecule has 2 aromatic rings. The average molecular weight is 333 g/mol. The molecule has 23 heavy (non-hydrogen) atoms. The van der Waals surface area contributed by atoms with Crippen LogP contribution in [-0.2, 0) is 11.2 Å². The Kier molecular flexibility index (Phi) is 6.52. The van der Waals surface area contributed by atoms with Crippen LogP contribution < -0.4 is 10.1 Å². The van der Waals surface area contributed by atoms with Gasteiger partial charge in [0.1, 0.15) is 10.8 Å². The standard InChI is InChI=1S/C17H23N3O2S/c1-4-13(5-2)16(21)18-17-20-19-15(23-17)9-10-22-14-8-6-7-12(3)11-14/h6-8,11,13H,4-5,9-10H2,1-3H3,(H,18,20,21).